The van der Waals surface area contributed by atoms with Crippen molar-refractivity contribution in [3.63, 3.8) is 0 Å². The van der Waals surface area contributed by atoms with Crippen molar-refractivity contribution in [1.82, 2.24) is 10.6 Å². The van der Waals surface area contributed by atoms with E-state index in [0.717, 1.165) is 25.9 Å². The normalized spacial score (nSPS) is 21.5. The highest BCUT2D eigenvalue weighted by Crippen LogP contribution is 2.13. The number of ether oxygens (including phenoxy) is 1. The maximum absolute atomic E-state index is 11.5. The predicted molar refractivity (Wildman–Crippen MR) is 59.8 cm³/mol. The van der Waals surface area contributed by atoms with E-state index in [4.69, 9.17) is 0 Å². The number of carbonyl (C=O) groups is 2. The zero-order chi connectivity index (χ0) is 12.0. The van der Waals surface area contributed by atoms with Gasteiger partial charge in [0.05, 0.1) is 7.11 Å². The highest BCUT2D eigenvalue weighted by Gasteiger charge is 2.18. The van der Waals surface area contributed by atoms with Crippen LogP contribution in [0.1, 0.15) is 26.2 Å². The number of amides is 1. The van der Waals surface area contributed by atoms with Gasteiger partial charge in [0.1, 0.15) is 6.04 Å². The second-order valence-corrected chi connectivity index (χ2v) is 4.21. The lowest BCUT2D eigenvalue weighted by Crippen LogP contribution is -2.39. The number of carbonyl (C=O) groups excluding carboxylic acids is 2. The van der Waals surface area contributed by atoms with Crippen molar-refractivity contribution in [1.29, 1.82) is 0 Å². The molecule has 1 saturated heterocycles. The molecule has 1 amide bonds. The van der Waals surface area contributed by atoms with Gasteiger partial charge in [0, 0.05) is 6.42 Å². The topological polar surface area (TPSA) is 67.4 Å². The lowest BCUT2D eigenvalue weighted by molar-refractivity contribution is -0.144. The SMILES string of the molecule is COC(=O)[C@H](C)NC(=O)CCC1CCNC1. The van der Waals surface area contributed by atoms with E-state index in [-0.39, 0.29) is 5.91 Å². The summed E-state index contributed by atoms with van der Waals surface area (Å²) < 4.78 is 4.53. The van der Waals surface area contributed by atoms with Gasteiger partial charge in [-0.2, -0.15) is 0 Å². The zero-order valence-corrected chi connectivity index (χ0v) is 9.91. The van der Waals surface area contributed by atoms with E-state index < -0.39 is 12.0 Å². The van der Waals surface area contributed by atoms with Crippen LogP contribution in [-0.4, -0.2) is 38.1 Å². The van der Waals surface area contributed by atoms with Gasteiger partial charge in [-0.05, 0) is 38.8 Å². The summed E-state index contributed by atoms with van der Waals surface area (Å²) in [4.78, 5) is 22.6. The Labute approximate surface area is 95.9 Å². The van der Waals surface area contributed by atoms with Crippen LogP contribution in [-0.2, 0) is 14.3 Å². The van der Waals surface area contributed by atoms with Gasteiger partial charge in [-0.3, -0.25) is 4.79 Å². The first-order chi connectivity index (χ1) is 7.63. The van der Waals surface area contributed by atoms with E-state index in [1.165, 1.54) is 7.11 Å². The Bertz CT molecular complexity index is 250. The molecule has 1 heterocycles. The summed E-state index contributed by atoms with van der Waals surface area (Å²) in [6, 6.07) is -0.556. The third-order valence-corrected chi connectivity index (χ3v) is 2.87. The Kier molecular flexibility index (Phi) is 5.25. The van der Waals surface area contributed by atoms with Crippen molar-refractivity contribution in [3.8, 4) is 0 Å². The van der Waals surface area contributed by atoms with Crippen LogP contribution in [0.25, 0.3) is 0 Å². The second kappa shape index (κ2) is 6.48. The van der Waals surface area contributed by atoms with Gasteiger partial charge in [0.2, 0.25) is 5.91 Å². The molecule has 0 spiro atoms. The van der Waals surface area contributed by atoms with Crippen molar-refractivity contribution < 1.29 is 14.3 Å². The average molecular weight is 228 g/mol. The number of hydrogen-bond acceptors (Lipinski definition) is 4. The highest BCUT2D eigenvalue weighted by atomic mass is 16.5. The number of hydrogen-bond donors (Lipinski definition) is 2. The van der Waals surface area contributed by atoms with Crippen molar-refractivity contribution in [2.45, 2.75) is 32.2 Å². The molecular formula is C11H20N2O3. The quantitative estimate of drug-likeness (QED) is 0.653. The molecule has 1 aliphatic rings. The summed E-state index contributed by atoms with van der Waals surface area (Å²) >= 11 is 0. The molecule has 2 N–H and O–H groups in total. The molecule has 0 radical (unpaired) electrons. The predicted octanol–water partition coefficient (Wildman–Crippen LogP) is 0.0538. The van der Waals surface area contributed by atoms with Gasteiger partial charge < -0.3 is 15.4 Å². The summed E-state index contributed by atoms with van der Waals surface area (Å²) in [5, 5.41) is 5.88. The van der Waals surface area contributed by atoms with Crippen molar-refractivity contribution in [2.24, 2.45) is 5.92 Å². The second-order valence-electron chi connectivity index (χ2n) is 4.21. The molecule has 0 aromatic heterocycles. The average Bonchev–Trinajstić information content (AvgIpc) is 2.78. The number of nitrogens with one attached hydrogen (secondary N) is 2. The summed E-state index contributed by atoms with van der Waals surface area (Å²) in [5.74, 6) is 0.111. The third-order valence-electron chi connectivity index (χ3n) is 2.87. The molecule has 1 rings (SSSR count). The van der Waals surface area contributed by atoms with Gasteiger partial charge >= 0.3 is 5.97 Å². The molecule has 92 valence electrons. The minimum absolute atomic E-state index is 0.0789. The fourth-order valence-electron chi connectivity index (χ4n) is 1.85. The minimum atomic E-state index is -0.556. The standard InChI is InChI=1S/C11H20N2O3/c1-8(11(15)16-2)13-10(14)4-3-9-5-6-12-7-9/h8-9,12H,3-7H2,1-2H3,(H,13,14)/t8-,9?/m0/s1. The van der Waals surface area contributed by atoms with Crippen LogP contribution in [0.4, 0.5) is 0 Å². The fourth-order valence-corrected chi connectivity index (χ4v) is 1.85. The van der Waals surface area contributed by atoms with Crippen LogP contribution in [0.15, 0.2) is 0 Å². The number of esters is 1. The summed E-state index contributed by atoms with van der Waals surface area (Å²) in [6.07, 6.45) is 2.50. The first-order valence-electron chi connectivity index (χ1n) is 5.71. The Morgan fingerprint density at radius 1 is 1.56 bits per heavy atom. The molecule has 16 heavy (non-hydrogen) atoms. The molecule has 0 aromatic carbocycles. The molecular weight excluding hydrogens is 208 g/mol. The maximum atomic E-state index is 11.5. The smallest absolute Gasteiger partial charge is 0.328 e. The Balaban J connectivity index is 2.17. The van der Waals surface area contributed by atoms with Crippen LogP contribution < -0.4 is 10.6 Å². The van der Waals surface area contributed by atoms with Crippen molar-refractivity contribution >= 4 is 11.9 Å². The van der Waals surface area contributed by atoms with Crippen LogP contribution in [0.2, 0.25) is 0 Å². The van der Waals surface area contributed by atoms with Gasteiger partial charge in [-0.1, -0.05) is 0 Å². The summed E-state index contributed by atoms with van der Waals surface area (Å²) in [5.41, 5.74) is 0. The molecule has 1 aliphatic heterocycles. The first-order valence-corrected chi connectivity index (χ1v) is 5.71. The molecule has 5 nitrogen and oxygen atoms in total. The fraction of sp³-hybridized carbons (Fsp3) is 0.818. The lowest BCUT2D eigenvalue weighted by atomic mass is 10.0. The van der Waals surface area contributed by atoms with Crippen LogP contribution >= 0.6 is 0 Å². The first kappa shape index (κ1) is 13.0. The van der Waals surface area contributed by atoms with E-state index in [9.17, 15) is 9.59 Å². The largest absolute Gasteiger partial charge is 0.467 e. The van der Waals surface area contributed by atoms with E-state index in [0.29, 0.717) is 12.3 Å². The Morgan fingerprint density at radius 2 is 2.31 bits per heavy atom. The van der Waals surface area contributed by atoms with Gasteiger partial charge in [-0.15, -0.1) is 0 Å². The summed E-state index contributed by atoms with van der Waals surface area (Å²) in [7, 11) is 1.31. The van der Waals surface area contributed by atoms with E-state index >= 15 is 0 Å². The van der Waals surface area contributed by atoms with E-state index in [1.807, 2.05) is 0 Å². The van der Waals surface area contributed by atoms with E-state index in [1.54, 1.807) is 6.92 Å². The minimum Gasteiger partial charge on any atom is -0.467 e. The number of methoxy groups -OCH3 is 1. The maximum Gasteiger partial charge on any atom is 0.328 e. The Hall–Kier alpha value is -1.10. The Morgan fingerprint density at radius 3 is 2.88 bits per heavy atom. The molecule has 5 heteroatoms. The lowest BCUT2D eigenvalue weighted by Gasteiger charge is -2.12. The monoisotopic (exact) mass is 228 g/mol. The molecule has 0 saturated carbocycles. The van der Waals surface area contributed by atoms with Gasteiger partial charge in [0.15, 0.2) is 0 Å². The third kappa shape index (κ3) is 4.18. The molecule has 1 fully saturated rings. The molecule has 1 unspecified atom stereocenters. The van der Waals surface area contributed by atoms with Crippen LogP contribution in [0.3, 0.4) is 0 Å². The molecule has 0 bridgehead atoms. The van der Waals surface area contributed by atoms with Gasteiger partial charge in [-0.25, -0.2) is 4.79 Å². The zero-order valence-electron chi connectivity index (χ0n) is 9.91. The van der Waals surface area contributed by atoms with Crippen molar-refractivity contribution in [3.05, 3.63) is 0 Å². The molecule has 0 aliphatic carbocycles. The number of rotatable bonds is 5. The van der Waals surface area contributed by atoms with E-state index in [2.05, 4.69) is 15.4 Å². The van der Waals surface area contributed by atoms with Crippen molar-refractivity contribution in [2.75, 3.05) is 20.2 Å². The van der Waals surface area contributed by atoms with Crippen LogP contribution in [0, 0.1) is 5.92 Å². The highest BCUT2D eigenvalue weighted by molar-refractivity contribution is 5.83. The summed E-state index contributed by atoms with van der Waals surface area (Å²) in [6.45, 7) is 3.67. The van der Waals surface area contributed by atoms with Gasteiger partial charge in [0.25, 0.3) is 0 Å². The molecule has 2 atom stereocenters. The molecule has 0 aromatic rings. The van der Waals surface area contributed by atoms with Crippen LogP contribution in [0.5, 0.6) is 0 Å².